The predicted octanol–water partition coefficient (Wildman–Crippen LogP) is 3.75. The number of hydrogen-bond acceptors (Lipinski definition) is 5. The van der Waals surface area contributed by atoms with E-state index in [1.54, 1.807) is 24.4 Å². The largest absolute Gasteiger partial charge is 0.439 e. The van der Waals surface area contributed by atoms with Crippen LogP contribution in [-0.2, 0) is 17.4 Å². The quantitative estimate of drug-likeness (QED) is 0.533. The van der Waals surface area contributed by atoms with E-state index in [0.717, 1.165) is 28.6 Å². The molecule has 0 radical (unpaired) electrons. The van der Waals surface area contributed by atoms with E-state index >= 15 is 0 Å². The Balaban J connectivity index is 1.31. The van der Waals surface area contributed by atoms with Gasteiger partial charge in [0.15, 0.2) is 0 Å². The number of likely N-dealkylation sites (tertiary alicyclic amines) is 1. The number of nitrogens with two attached hydrogens (primary N) is 1. The highest BCUT2D eigenvalue weighted by Crippen LogP contribution is 2.32. The standard InChI is InChI=1S/C23H19F4N5O2/c24-14-6-20(19-10-30-19)32(11-14)22(33)17(28)5-12-8-29-18-3-2-15(7-16(12)18)34-21-4-1-13(9-31-21)23(25,26)27/h1-4,7-9,14,17,20,29H,5-6,11,28H2/t14?,17-,20?/m0/s1. The zero-order valence-electron chi connectivity index (χ0n) is 17.6. The summed E-state index contributed by atoms with van der Waals surface area (Å²) in [5, 5.41) is 0.738. The van der Waals surface area contributed by atoms with Gasteiger partial charge in [-0.25, -0.2) is 9.37 Å². The molecule has 2 aliphatic rings. The zero-order valence-corrected chi connectivity index (χ0v) is 17.6. The third kappa shape index (κ3) is 4.40. The average Bonchev–Trinajstić information content (AvgIpc) is 3.46. The number of rotatable bonds is 6. The van der Waals surface area contributed by atoms with Crippen molar-refractivity contribution in [2.45, 2.75) is 37.3 Å². The van der Waals surface area contributed by atoms with Gasteiger partial charge in [0.25, 0.3) is 0 Å². The molecule has 4 heterocycles. The van der Waals surface area contributed by atoms with Crippen LogP contribution in [0, 0.1) is 0 Å². The SMILES string of the molecule is N[C@@H](Cc1c[nH]c2ccc(Oc3ccc(C(F)(F)F)cn3)cc12)C(=O)N1CC(F)CC1C1=C=N1. The van der Waals surface area contributed by atoms with Gasteiger partial charge in [0.1, 0.15) is 17.6 Å². The van der Waals surface area contributed by atoms with Crippen LogP contribution in [0.2, 0.25) is 0 Å². The van der Waals surface area contributed by atoms with Crippen molar-refractivity contribution in [1.29, 1.82) is 0 Å². The molecular formula is C23H19F4N5O2. The van der Waals surface area contributed by atoms with Crippen LogP contribution in [0.3, 0.4) is 0 Å². The third-order valence-corrected chi connectivity index (χ3v) is 5.87. The summed E-state index contributed by atoms with van der Waals surface area (Å²) >= 11 is 0. The van der Waals surface area contributed by atoms with Crippen molar-refractivity contribution in [2.75, 3.05) is 6.54 Å². The van der Waals surface area contributed by atoms with Gasteiger partial charge < -0.3 is 20.4 Å². The van der Waals surface area contributed by atoms with Gasteiger partial charge in [-0.3, -0.25) is 4.79 Å². The fourth-order valence-corrected chi connectivity index (χ4v) is 4.13. The molecule has 3 aromatic rings. The van der Waals surface area contributed by atoms with Gasteiger partial charge in [-0.1, -0.05) is 0 Å². The van der Waals surface area contributed by atoms with Gasteiger partial charge in [0.2, 0.25) is 11.8 Å². The summed E-state index contributed by atoms with van der Waals surface area (Å²) in [5.74, 6) is 2.69. The van der Waals surface area contributed by atoms with Crippen molar-refractivity contribution in [3.05, 3.63) is 59.5 Å². The Hall–Kier alpha value is -3.69. The number of fused-ring (bicyclic) bond motifs is 1. The molecular weight excluding hydrogens is 454 g/mol. The lowest BCUT2D eigenvalue weighted by Gasteiger charge is -2.24. The maximum absolute atomic E-state index is 13.9. The molecule has 176 valence electrons. The molecule has 1 amide bonds. The molecule has 11 heteroatoms. The van der Waals surface area contributed by atoms with Crippen molar-refractivity contribution in [1.82, 2.24) is 14.9 Å². The fraction of sp³-hybridized carbons (Fsp3) is 0.304. The lowest BCUT2D eigenvalue weighted by Crippen LogP contribution is -2.47. The first-order valence-electron chi connectivity index (χ1n) is 10.5. The van der Waals surface area contributed by atoms with E-state index in [9.17, 15) is 22.4 Å². The smallest absolute Gasteiger partial charge is 0.417 e. The van der Waals surface area contributed by atoms with Crippen LogP contribution in [0.5, 0.6) is 11.6 Å². The summed E-state index contributed by atoms with van der Waals surface area (Å²) in [7, 11) is 0. The minimum absolute atomic E-state index is 0.00812. The number of pyridine rings is 1. The predicted molar refractivity (Wildman–Crippen MR) is 115 cm³/mol. The second kappa shape index (κ2) is 8.27. The number of aromatic amines is 1. The first-order valence-corrected chi connectivity index (χ1v) is 10.5. The van der Waals surface area contributed by atoms with Crippen LogP contribution < -0.4 is 10.5 Å². The van der Waals surface area contributed by atoms with E-state index < -0.39 is 30.0 Å². The number of alkyl halides is 4. The molecule has 3 atom stereocenters. The van der Waals surface area contributed by atoms with Crippen molar-refractivity contribution >= 4 is 22.7 Å². The molecule has 5 rings (SSSR count). The van der Waals surface area contributed by atoms with Gasteiger partial charge in [-0.05, 0) is 36.2 Å². The highest BCUT2D eigenvalue weighted by Gasteiger charge is 2.41. The summed E-state index contributed by atoms with van der Waals surface area (Å²) in [6.07, 6.45) is -2.79. The van der Waals surface area contributed by atoms with Crippen molar-refractivity contribution in [2.24, 2.45) is 10.7 Å². The Morgan fingerprint density at radius 1 is 1.32 bits per heavy atom. The monoisotopic (exact) mass is 473 g/mol. The van der Waals surface area contributed by atoms with E-state index in [-0.39, 0.29) is 31.2 Å². The third-order valence-electron chi connectivity index (χ3n) is 5.87. The number of hydrogen-bond donors (Lipinski definition) is 2. The molecule has 1 saturated heterocycles. The van der Waals surface area contributed by atoms with Crippen LogP contribution in [0.15, 0.2) is 53.4 Å². The van der Waals surface area contributed by atoms with Crippen LogP contribution in [0.25, 0.3) is 10.9 Å². The molecule has 2 aliphatic heterocycles. The van der Waals surface area contributed by atoms with Gasteiger partial charge in [-0.15, -0.1) is 0 Å². The Morgan fingerprint density at radius 2 is 2.12 bits per heavy atom. The molecule has 0 aliphatic carbocycles. The number of carbonyl (C=O) groups is 1. The van der Waals surface area contributed by atoms with E-state index in [2.05, 4.69) is 20.8 Å². The van der Waals surface area contributed by atoms with E-state index in [0.29, 0.717) is 17.6 Å². The van der Waals surface area contributed by atoms with Gasteiger partial charge in [0, 0.05) is 41.7 Å². The molecule has 1 aromatic carbocycles. The van der Waals surface area contributed by atoms with Gasteiger partial charge in [0.05, 0.1) is 24.2 Å². The lowest BCUT2D eigenvalue weighted by atomic mass is 10.0. The van der Waals surface area contributed by atoms with E-state index in [4.69, 9.17) is 10.5 Å². The number of nitrogens with zero attached hydrogens (tertiary/aromatic N) is 3. The van der Waals surface area contributed by atoms with Crippen LogP contribution >= 0.6 is 0 Å². The zero-order chi connectivity index (χ0) is 24.0. The van der Waals surface area contributed by atoms with E-state index in [1.165, 1.54) is 4.90 Å². The summed E-state index contributed by atoms with van der Waals surface area (Å²) in [6.45, 7) is -0.0239. The Kier molecular flexibility index (Phi) is 5.38. The van der Waals surface area contributed by atoms with Gasteiger partial charge >= 0.3 is 6.18 Å². The molecule has 0 spiro atoms. The summed E-state index contributed by atoms with van der Waals surface area (Å²) < 4.78 is 57.7. The highest BCUT2D eigenvalue weighted by atomic mass is 19.4. The maximum atomic E-state index is 13.9. The number of H-pyrrole nitrogens is 1. The van der Waals surface area contributed by atoms with Crippen LogP contribution in [0.1, 0.15) is 17.5 Å². The number of aliphatic imine (C=N–C) groups is 1. The molecule has 7 nitrogen and oxygen atoms in total. The minimum Gasteiger partial charge on any atom is -0.439 e. The first kappa shape index (κ1) is 22.1. The summed E-state index contributed by atoms with van der Waals surface area (Å²) in [6, 6.07) is 5.79. The second-order valence-corrected chi connectivity index (χ2v) is 8.27. The molecule has 1 fully saturated rings. The Bertz CT molecular complexity index is 1310. The molecule has 0 saturated carbocycles. The van der Waals surface area contributed by atoms with Crippen molar-refractivity contribution in [3.63, 3.8) is 0 Å². The molecule has 2 unspecified atom stereocenters. The number of benzene rings is 1. The summed E-state index contributed by atoms with van der Waals surface area (Å²) in [4.78, 5) is 25.0. The lowest BCUT2D eigenvalue weighted by molar-refractivity contribution is -0.138. The molecule has 3 N–H and O–H groups in total. The fourth-order valence-electron chi connectivity index (χ4n) is 4.13. The van der Waals surface area contributed by atoms with Gasteiger partial charge in [-0.2, -0.15) is 18.2 Å². The van der Waals surface area contributed by atoms with Crippen molar-refractivity contribution in [3.8, 4) is 11.6 Å². The maximum Gasteiger partial charge on any atom is 0.417 e. The molecule has 34 heavy (non-hydrogen) atoms. The van der Waals surface area contributed by atoms with Crippen LogP contribution in [0.4, 0.5) is 17.6 Å². The van der Waals surface area contributed by atoms with Crippen LogP contribution in [-0.4, -0.2) is 51.4 Å². The number of carbonyl (C=O) groups excluding carboxylic acids is 1. The Morgan fingerprint density at radius 3 is 2.79 bits per heavy atom. The first-order chi connectivity index (χ1) is 16.2. The normalized spacial score (nSPS) is 20.5. The second-order valence-electron chi connectivity index (χ2n) is 8.27. The number of amides is 1. The molecule has 2 aromatic heterocycles. The highest BCUT2D eigenvalue weighted by molar-refractivity contribution is 5.88. The number of aromatic nitrogens is 2. The number of halogens is 4. The number of ether oxygens (including phenoxy) is 1. The van der Waals surface area contributed by atoms with E-state index in [1.807, 2.05) is 0 Å². The van der Waals surface area contributed by atoms with Crippen molar-refractivity contribution < 1.29 is 27.1 Å². The molecule has 0 bridgehead atoms. The summed E-state index contributed by atoms with van der Waals surface area (Å²) in [5.41, 5.74) is 7.43. The Labute approximate surface area is 190 Å². The average molecular weight is 473 g/mol. The minimum atomic E-state index is -4.48. The number of nitrogens with one attached hydrogen (secondary N) is 1. The topological polar surface area (TPSA) is 96.6 Å².